The van der Waals surface area contributed by atoms with Crippen molar-refractivity contribution in [1.29, 1.82) is 0 Å². The molecule has 0 aromatic carbocycles. The molecule has 2 aliphatic heterocycles. The molecule has 0 bridgehead atoms. The average Bonchev–Trinajstić information content (AvgIpc) is 3.20. The molecule has 4 unspecified atom stereocenters. The maximum Gasteiger partial charge on any atom is 0.419 e. The minimum Gasteiger partial charge on any atom is -0.480 e. The Morgan fingerprint density at radius 3 is 1.97 bits per heavy atom. The van der Waals surface area contributed by atoms with Crippen molar-refractivity contribution in [2.24, 2.45) is 22.7 Å². The zero-order valence-corrected chi connectivity index (χ0v) is 19.8. The monoisotopic (exact) mass is 492 g/mol. The Labute approximate surface area is 194 Å². The second-order valence-electron chi connectivity index (χ2n) is 11.6. The molecule has 5 atom stereocenters. The molecule has 12 heteroatoms. The van der Waals surface area contributed by atoms with Gasteiger partial charge in [0.2, 0.25) is 11.8 Å². The van der Waals surface area contributed by atoms with E-state index in [-0.39, 0.29) is 25.3 Å². The first-order chi connectivity index (χ1) is 15.2. The molecule has 3 rings (SSSR count). The summed E-state index contributed by atoms with van der Waals surface area (Å²) in [5.74, 6) is -4.83. The number of alkyl halides is 3. The van der Waals surface area contributed by atoms with Crippen LogP contribution < -0.4 is 0 Å². The second-order valence-corrected chi connectivity index (χ2v) is 11.6. The van der Waals surface area contributed by atoms with Gasteiger partial charge in [0.25, 0.3) is 0 Å². The van der Waals surface area contributed by atoms with Crippen molar-refractivity contribution in [3.05, 3.63) is 0 Å². The standard InChI is InChI=1S/C22H31F3N2O7/c1-18(2,3)15(30)27-9-11(12-7-21(12,27)17(32)33)6-19(4,5)16(31)26-10-20(34,22(23,24)25)8-13(26)14(28)29/h11-13,34H,6-10H2,1-5H3,(H,28,29)(H,32,33)/t11?,12?,13-,20?,21?/m0/s1. The van der Waals surface area contributed by atoms with E-state index in [4.69, 9.17) is 0 Å². The highest BCUT2D eigenvalue weighted by atomic mass is 19.4. The number of β-amino-alcohol motifs (C(OH)–C–C–N with tert-alkyl or cyclic N) is 1. The lowest BCUT2D eigenvalue weighted by Gasteiger charge is -2.35. The van der Waals surface area contributed by atoms with Crippen LogP contribution in [0.1, 0.15) is 53.9 Å². The molecule has 9 nitrogen and oxygen atoms in total. The first-order valence-electron chi connectivity index (χ1n) is 11.1. The molecule has 2 saturated heterocycles. The number of rotatable bonds is 5. The predicted molar refractivity (Wildman–Crippen MR) is 110 cm³/mol. The highest BCUT2D eigenvalue weighted by molar-refractivity contribution is 5.93. The fourth-order valence-electron chi connectivity index (χ4n) is 5.56. The van der Waals surface area contributed by atoms with Gasteiger partial charge in [0.05, 0.1) is 6.54 Å². The van der Waals surface area contributed by atoms with Gasteiger partial charge >= 0.3 is 18.1 Å². The van der Waals surface area contributed by atoms with Crippen LogP contribution in [-0.2, 0) is 19.2 Å². The van der Waals surface area contributed by atoms with E-state index in [1.54, 1.807) is 20.8 Å². The van der Waals surface area contributed by atoms with Crippen LogP contribution >= 0.6 is 0 Å². The number of hydrogen-bond donors (Lipinski definition) is 3. The van der Waals surface area contributed by atoms with Crippen molar-refractivity contribution in [2.75, 3.05) is 13.1 Å². The summed E-state index contributed by atoms with van der Waals surface area (Å²) in [6.45, 7) is 6.81. The number of aliphatic carboxylic acids is 2. The van der Waals surface area contributed by atoms with E-state index in [9.17, 15) is 47.7 Å². The van der Waals surface area contributed by atoms with Gasteiger partial charge in [0, 0.05) is 29.7 Å². The minimum absolute atomic E-state index is 0.0484. The van der Waals surface area contributed by atoms with Crippen LogP contribution in [0.4, 0.5) is 13.2 Å². The minimum atomic E-state index is -5.12. The van der Waals surface area contributed by atoms with E-state index < -0.39 is 76.8 Å². The summed E-state index contributed by atoms with van der Waals surface area (Å²) >= 11 is 0. The van der Waals surface area contributed by atoms with Crippen molar-refractivity contribution < 1.29 is 47.7 Å². The van der Waals surface area contributed by atoms with Gasteiger partial charge in [-0.2, -0.15) is 13.2 Å². The van der Waals surface area contributed by atoms with Crippen molar-refractivity contribution in [2.45, 2.75) is 77.2 Å². The third kappa shape index (κ3) is 3.93. The van der Waals surface area contributed by atoms with Crippen LogP contribution in [0.3, 0.4) is 0 Å². The third-order valence-electron chi connectivity index (χ3n) is 7.47. The van der Waals surface area contributed by atoms with E-state index in [1.165, 1.54) is 18.7 Å². The molecule has 192 valence electrons. The Hall–Kier alpha value is -2.37. The van der Waals surface area contributed by atoms with Crippen molar-refractivity contribution >= 4 is 23.8 Å². The SMILES string of the molecule is CC(C)(C)C(=O)N1CC(CC(C)(C)C(=O)N2CC(O)(C(F)(F)F)C[C@H]2C(=O)O)C2CC21C(=O)O. The van der Waals surface area contributed by atoms with Gasteiger partial charge in [-0.15, -0.1) is 0 Å². The Morgan fingerprint density at radius 2 is 1.53 bits per heavy atom. The first-order valence-corrected chi connectivity index (χ1v) is 11.1. The van der Waals surface area contributed by atoms with Crippen LogP contribution in [0.25, 0.3) is 0 Å². The Bertz CT molecular complexity index is 928. The molecule has 1 saturated carbocycles. The molecule has 2 heterocycles. The van der Waals surface area contributed by atoms with Crippen LogP contribution in [0.2, 0.25) is 0 Å². The zero-order valence-electron chi connectivity index (χ0n) is 19.8. The van der Waals surface area contributed by atoms with E-state index >= 15 is 0 Å². The maximum absolute atomic E-state index is 13.4. The van der Waals surface area contributed by atoms with Gasteiger partial charge in [0.15, 0.2) is 5.60 Å². The van der Waals surface area contributed by atoms with Gasteiger partial charge < -0.3 is 25.1 Å². The van der Waals surface area contributed by atoms with Crippen molar-refractivity contribution in [3.8, 4) is 0 Å². The summed E-state index contributed by atoms with van der Waals surface area (Å²) in [6, 6.07) is -1.85. The number of piperidine rings is 1. The van der Waals surface area contributed by atoms with E-state index in [1.807, 2.05) is 0 Å². The summed E-state index contributed by atoms with van der Waals surface area (Å²) < 4.78 is 40.1. The third-order valence-corrected chi connectivity index (χ3v) is 7.47. The molecule has 0 radical (unpaired) electrons. The lowest BCUT2D eigenvalue weighted by atomic mass is 9.79. The number of amides is 2. The number of carbonyl (C=O) groups is 4. The number of aliphatic hydroxyl groups is 1. The molecule has 3 N–H and O–H groups in total. The molecule has 3 fully saturated rings. The molecule has 0 spiro atoms. The smallest absolute Gasteiger partial charge is 0.419 e. The van der Waals surface area contributed by atoms with E-state index in [0.717, 1.165) is 0 Å². The summed E-state index contributed by atoms with van der Waals surface area (Å²) in [6.07, 6.45) is -6.02. The Kier molecular flexibility index (Phi) is 5.84. The van der Waals surface area contributed by atoms with Gasteiger partial charge in [-0.25, -0.2) is 9.59 Å². The maximum atomic E-state index is 13.4. The Balaban J connectivity index is 1.83. The number of hydrogen-bond acceptors (Lipinski definition) is 5. The molecule has 3 aliphatic rings. The number of halogens is 3. The van der Waals surface area contributed by atoms with Gasteiger partial charge in [-0.3, -0.25) is 9.59 Å². The normalized spacial score (nSPS) is 33.6. The molecular weight excluding hydrogens is 461 g/mol. The number of likely N-dealkylation sites (tertiary alicyclic amines) is 2. The fraction of sp³-hybridized carbons (Fsp3) is 0.818. The predicted octanol–water partition coefficient (Wildman–Crippen LogP) is 1.73. The Morgan fingerprint density at radius 1 is 0.971 bits per heavy atom. The van der Waals surface area contributed by atoms with E-state index in [0.29, 0.717) is 4.90 Å². The topological polar surface area (TPSA) is 135 Å². The first kappa shape index (κ1) is 26.2. The highest BCUT2D eigenvalue weighted by Crippen LogP contribution is 2.61. The molecule has 0 aromatic heterocycles. The van der Waals surface area contributed by atoms with Gasteiger partial charge in [-0.1, -0.05) is 34.6 Å². The van der Waals surface area contributed by atoms with Crippen LogP contribution in [-0.4, -0.2) is 85.3 Å². The number of fused-ring (bicyclic) bond motifs is 1. The quantitative estimate of drug-likeness (QED) is 0.532. The number of nitrogens with zero attached hydrogens (tertiary/aromatic N) is 2. The number of carboxylic acid groups (broad SMARTS) is 2. The van der Waals surface area contributed by atoms with Crippen LogP contribution in [0, 0.1) is 22.7 Å². The lowest BCUT2D eigenvalue weighted by molar-refractivity contribution is -0.254. The number of carbonyl (C=O) groups excluding carboxylic acids is 2. The highest BCUT2D eigenvalue weighted by Gasteiger charge is 2.73. The van der Waals surface area contributed by atoms with Crippen molar-refractivity contribution in [3.63, 3.8) is 0 Å². The molecule has 2 amide bonds. The van der Waals surface area contributed by atoms with Crippen LogP contribution in [0.5, 0.6) is 0 Å². The summed E-state index contributed by atoms with van der Waals surface area (Å²) in [5, 5.41) is 29.3. The summed E-state index contributed by atoms with van der Waals surface area (Å²) in [7, 11) is 0. The lowest BCUT2D eigenvalue weighted by Crippen LogP contribution is -2.51. The zero-order chi connectivity index (χ0) is 26.2. The second kappa shape index (κ2) is 7.56. The van der Waals surface area contributed by atoms with Gasteiger partial charge in [0.1, 0.15) is 11.6 Å². The fourth-order valence-corrected chi connectivity index (χ4v) is 5.56. The number of carboxylic acids is 2. The molecule has 1 aliphatic carbocycles. The largest absolute Gasteiger partial charge is 0.480 e. The average molecular weight is 492 g/mol. The van der Waals surface area contributed by atoms with Gasteiger partial charge in [-0.05, 0) is 18.8 Å². The van der Waals surface area contributed by atoms with Crippen LogP contribution in [0.15, 0.2) is 0 Å². The summed E-state index contributed by atoms with van der Waals surface area (Å²) in [5.41, 5.74) is -6.88. The summed E-state index contributed by atoms with van der Waals surface area (Å²) in [4.78, 5) is 51.8. The molecule has 34 heavy (non-hydrogen) atoms. The molecule has 0 aromatic rings. The van der Waals surface area contributed by atoms with E-state index in [2.05, 4.69) is 0 Å². The van der Waals surface area contributed by atoms with Crippen molar-refractivity contribution in [1.82, 2.24) is 9.80 Å². The molecular formula is C22H31F3N2O7.